The topological polar surface area (TPSA) is 45.1 Å². The molecule has 1 aromatic carbocycles. The molecule has 1 heterocycles. The van der Waals surface area contributed by atoms with Crippen molar-refractivity contribution in [3.8, 4) is 0 Å². The summed E-state index contributed by atoms with van der Waals surface area (Å²) < 4.78 is 16.5. The summed E-state index contributed by atoms with van der Waals surface area (Å²) in [6, 6.07) is 9.86. The van der Waals surface area contributed by atoms with Gasteiger partial charge in [-0.05, 0) is 33.8 Å². The average molecular weight is 281 g/mol. The fourth-order valence-corrected chi connectivity index (χ4v) is 4.55. The molecule has 104 valence electrons. The summed E-state index contributed by atoms with van der Waals surface area (Å²) in [5.74, 6) is -0.410. The quantitative estimate of drug-likeness (QED) is 0.795. The maximum absolute atomic E-state index is 13.0. The maximum atomic E-state index is 13.0. The number of benzene rings is 1. The number of oxime groups is 1. The van der Waals surface area contributed by atoms with Crippen molar-refractivity contribution in [3.63, 3.8) is 0 Å². The van der Waals surface area contributed by atoms with Crippen LogP contribution in [0.2, 0.25) is 0 Å². The summed E-state index contributed by atoms with van der Waals surface area (Å²) in [5, 5.41) is 4.11. The van der Waals surface area contributed by atoms with E-state index in [1.165, 1.54) is 0 Å². The molecule has 0 aromatic heterocycles. The number of hydrogen-bond donors (Lipinski definition) is 0. The van der Waals surface area contributed by atoms with Gasteiger partial charge in [-0.15, -0.1) is 0 Å². The van der Waals surface area contributed by atoms with Crippen LogP contribution in [0.15, 0.2) is 35.5 Å². The first-order chi connectivity index (χ1) is 8.96. The van der Waals surface area contributed by atoms with Gasteiger partial charge in [-0.3, -0.25) is 4.57 Å². The minimum absolute atomic E-state index is 0.410. The molecule has 0 radical (unpaired) electrons. The van der Waals surface area contributed by atoms with Gasteiger partial charge in [0.05, 0.1) is 5.71 Å². The zero-order valence-corrected chi connectivity index (χ0v) is 12.7. The number of rotatable bonds is 4. The lowest BCUT2D eigenvalue weighted by Gasteiger charge is -2.33. The van der Waals surface area contributed by atoms with Gasteiger partial charge in [0.2, 0.25) is 5.85 Å². The fourth-order valence-electron chi connectivity index (χ4n) is 2.22. The van der Waals surface area contributed by atoms with E-state index in [1.807, 2.05) is 58.5 Å². The van der Waals surface area contributed by atoms with E-state index in [2.05, 4.69) is 5.16 Å². The first kappa shape index (κ1) is 14.3. The highest BCUT2D eigenvalue weighted by molar-refractivity contribution is 7.59. The molecule has 0 saturated heterocycles. The fraction of sp³-hybridized carbons (Fsp3) is 0.462. The van der Waals surface area contributed by atoms with Crippen LogP contribution < -0.4 is 0 Å². The van der Waals surface area contributed by atoms with Crippen LogP contribution in [-0.4, -0.2) is 49.1 Å². The average Bonchev–Trinajstić information content (AvgIpc) is 2.88. The highest BCUT2D eigenvalue weighted by atomic mass is 31.2. The van der Waals surface area contributed by atoms with Crippen LogP contribution >= 0.6 is 7.44 Å². The van der Waals surface area contributed by atoms with Crippen LogP contribution in [0, 0.1) is 0 Å². The Bertz CT molecular complexity index is 502. The Morgan fingerprint density at radius 3 is 2.26 bits per heavy atom. The largest absolute Gasteiger partial charge is 0.381 e. The minimum Gasteiger partial charge on any atom is -0.381 e. The van der Waals surface area contributed by atoms with Crippen molar-refractivity contribution >= 4 is 13.2 Å². The summed E-state index contributed by atoms with van der Waals surface area (Å²) in [4.78, 5) is 5.45. The Morgan fingerprint density at radius 1 is 1.16 bits per heavy atom. The monoisotopic (exact) mass is 281 g/mol. The smallest absolute Gasteiger partial charge is 0.258 e. The van der Waals surface area contributed by atoms with E-state index in [0.29, 0.717) is 6.42 Å². The van der Waals surface area contributed by atoms with Crippen LogP contribution in [-0.2, 0) is 9.40 Å². The van der Waals surface area contributed by atoms with Crippen molar-refractivity contribution in [2.75, 3.05) is 28.2 Å². The molecule has 1 aliphatic heterocycles. The van der Waals surface area contributed by atoms with Crippen LogP contribution in [0.3, 0.4) is 0 Å². The lowest BCUT2D eigenvalue weighted by molar-refractivity contribution is 0.128. The Kier molecular flexibility index (Phi) is 4.09. The zero-order chi connectivity index (χ0) is 14.0. The molecule has 1 aromatic rings. The summed E-state index contributed by atoms with van der Waals surface area (Å²) in [6.45, 7) is 0. The van der Waals surface area contributed by atoms with Crippen LogP contribution in [0.4, 0.5) is 0 Å². The van der Waals surface area contributed by atoms with Gasteiger partial charge < -0.3 is 4.84 Å². The molecule has 0 spiro atoms. The van der Waals surface area contributed by atoms with E-state index in [9.17, 15) is 4.57 Å². The third-order valence-electron chi connectivity index (χ3n) is 3.28. The molecular formula is C13H20N3O2P. The van der Waals surface area contributed by atoms with E-state index in [1.54, 1.807) is 9.34 Å². The van der Waals surface area contributed by atoms with E-state index in [4.69, 9.17) is 4.84 Å². The number of hydrogen-bond acceptors (Lipinski definition) is 3. The zero-order valence-electron chi connectivity index (χ0n) is 11.8. The van der Waals surface area contributed by atoms with E-state index < -0.39 is 13.3 Å². The van der Waals surface area contributed by atoms with Gasteiger partial charge in [0, 0.05) is 6.42 Å². The summed E-state index contributed by atoms with van der Waals surface area (Å²) in [7, 11) is 4.50. The molecule has 5 nitrogen and oxygen atoms in total. The second-order valence-electron chi connectivity index (χ2n) is 4.95. The SMILES string of the molecule is CN(C)P(=O)(C1CC(c2ccccc2)=NO1)N(C)C. The maximum Gasteiger partial charge on any atom is 0.258 e. The van der Waals surface area contributed by atoms with Crippen LogP contribution in [0.1, 0.15) is 12.0 Å². The van der Waals surface area contributed by atoms with Gasteiger partial charge in [-0.25, -0.2) is 9.34 Å². The van der Waals surface area contributed by atoms with Crippen molar-refractivity contribution < 1.29 is 9.40 Å². The Hall–Kier alpha value is -1.16. The molecule has 6 heteroatoms. The molecule has 0 fully saturated rings. The molecule has 19 heavy (non-hydrogen) atoms. The van der Waals surface area contributed by atoms with E-state index in [-0.39, 0.29) is 0 Å². The predicted molar refractivity (Wildman–Crippen MR) is 77.4 cm³/mol. The molecule has 0 saturated carbocycles. The van der Waals surface area contributed by atoms with Gasteiger partial charge in [0.25, 0.3) is 7.44 Å². The second kappa shape index (κ2) is 5.45. The Labute approximate surface area is 114 Å². The van der Waals surface area contributed by atoms with Gasteiger partial charge >= 0.3 is 0 Å². The number of nitrogens with zero attached hydrogens (tertiary/aromatic N) is 3. The molecular weight excluding hydrogens is 261 g/mol. The second-order valence-corrected chi connectivity index (χ2v) is 8.31. The van der Waals surface area contributed by atoms with Crippen LogP contribution in [0.5, 0.6) is 0 Å². The van der Waals surface area contributed by atoms with Crippen molar-refractivity contribution in [2.24, 2.45) is 5.16 Å². The highest BCUT2D eigenvalue weighted by Gasteiger charge is 2.43. The first-order valence-corrected chi connectivity index (χ1v) is 7.88. The lowest BCUT2D eigenvalue weighted by atomic mass is 10.1. The molecule has 2 rings (SSSR count). The molecule has 0 N–H and O–H groups in total. The summed E-state index contributed by atoms with van der Waals surface area (Å²) >= 11 is 0. The predicted octanol–water partition coefficient (Wildman–Crippen LogP) is 2.45. The van der Waals surface area contributed by atoms with Crippen molar-refractivity contribution in [2.45, 2.75) is 12.3 Å². The van der Waals surface area contributed by atoms with E-state index in [0.717, 1.165) is 11.3 Å². The van der Waals surface area contributed by atoms with E-state index >= 15 is 0 Å². The minimum atomic E-state index is -2.74. The third-order valence-corrected chi connectivity index (χ3v) is 6.60. The van der Waals surface area contributed by atoms with Gasteiger partial charge in [0.15, 0.2) is 0 Å². The summed E-state index contributed by atoms with van der Waals surface area (Å²) in [5.41, 5.74) is 1.88. The van der Waals surface area contributed by atoms with Gasteiger partial charge in [-0.1, -0.05) is 35.5 Å². The van der Waals surface area contributed by atoms with Crippen molar-refractivity contribution in [1.29, 1.82) is 0 Å². The van der Waals surface area contributed by atoms with Crippen molar-refractivity contribution in [1.82, 2.24) is 9.34 Å². The lowest BCUT2D eigenvalue weighted by Crippen LogP contribution is -2.29. The normalized spacial score (nSPS) is 19.7. The standard InChI is InChI=1S/C13H20N3O2P/c1-15(2)19(17,16(3)4)13-10-12(14-18-13)11-8-6-5-7-9-11/h5-9,13H,10H2,1-4H3. The molecule has 1 aliphatic rings. The highest BCUT2D eigenvalue weighted by Crippen LogP contribution is 2.57. The Morgan fingerprint density at radius 2 is 1.74 bits per heavy atom. The molecule has 0 aliphatic carbocycles. The molecule has 0 bridgehead atoms. The molecule has 0 amide bonds. The molecule has 1 unspecified atom stereocenters. The third kappa shape index (κ3) is 2.59. The Balaban J connectivity index is 2.19. The molecule has 1 atom stereocenters. The van der Waals surface area contributed by atoms with Gasteiger partial charge in [-0.2, -0.15) is 0 Å². The van der Waals surface area contributed by atoms with Crippen LogP contribution in [0.25, 0.3) is 0 Å². The summed E-state index contributed by atoms with van der Waals surface area (Å²) in [6.07, 6.45) is 0.567. The first-order valence-electron chi connectivity index (χ1n) is 6.19. The van der Waals surface area contributed by atoms with Gasteiger partial charge in [0.1, 0.15) is 0 Å². The van der Waals surface area contributed by atoms with Crippen molar-refractivity contribution in [3.05, 3.63) is 35.9 Å².